The number of rotatable bonds is 5. The van der Waals surface area contributed by atoms with E-state index in [0.717, 1.165) is 19.4 Å². The summed E-state index contributed by atoms with van der Waals surface area (Å²) in [6.07, 6.45) is 1.75. The van der Waals surface area contributed by atoms with Crippen molar-refractivity contribution < 1.29 is 14.3 Å². The third-order valence-corrected chi connectivity index (χ3v) is 2.08. The van der Waals surface area contributed by atoms with E-state index in [1.807, 2.05) is 0 Å². The molecule has 5 heteroatoms. The van der Waals surface area contributed by atoms with E-state index < -0.39 is 0 Å². The second-order valence-corrected chi connectivity index (χ2v) is 3.31. The molecule has 1 aliphatic heterocycles. The van der Waals surface area contributed by atoms with Gasteiger partial charge >= 0.3 is 6.03 Å². The summed E-state index contributed by atoms with van der Waals surface area (Å²) >= 11 is 0. The minimum Gasteiger partial charge on any atom is -0.385 e. The number of nitrogens with one attached hydrogen (secondary N) is 2. The Morgan fingerprint density at radius 2 is 2.50 bits per heavy atom. The van der Waals surface area contributed by atoms with Crippen LogP contribution in [0.5, 0.6) is 0 Å². The van der Waals surface area contributed by atoms with Crippen molar-refractivity contribution in [1.29, 1.82) is 0 Å². The fraction of sp³-hybridized carbons (Fsp3) is 0.889. The van der Waals surface area contributed by atoms with E-state index in [2.05, 4.69) is 10.6 Å². The Morgan fingerprint density at radius 1 is 1.64 bits per heavy atom. The number of methoxy groups -OCH3 is 1. The smallest absolute Gasteiger partial charge is 0.315 e. The summed E-state index contributed by atoms with van der Waals surface area (Å²) < 4.78 is 10.0. The van der Waals surface area contributed by atoms with Crippen LogP contribution < -0.4 is 10.6 Å². The highest BCUT2D eigenvalue weighted by molar-refractivity contribution is 5.74. The second-order valence-electron chi connectivity index (χ2n) is 3.31. The summed E-state index contributed by atoms with van der Waals surface area (Å²) in [6, 6.07) is 0.0639. The normalized spacial score (nSPS) is 20.8. The average Bonchev–Trinajstić information content (AvgIpc) is 2.65. The highest BCUT2D eigenvalue weighted by atomic mass is 16.5. The van der Waals surface area contributed by atoms with Crippen LogP contribution in [0.4, 0.5) is 4.79 Å². The first kappa shape index (κ1) is 11.3. The lowest BCUT2D eigenvalue weighted by Crippen LogP contribution is -2.42. The molecule has 1 rings (SSSR count). The molecule has 0 saturated carbocycles. The summed E-state index contributed by atoms with van der Waals surface area (Å²) in [7, 11) is 1.65. The third kappa shape index (κ3) is 4.43. The molecule has 14 heavy (non-hydrogen) atoms. The number of carbonyl (C=O) groups excluding carboxylic acids is 1. The van der Waals surface area contributed by atoms with Crippen LogP contribution in [0.15, 0.2) is 0 Å². The highest BCUT2D eigenvalue weighted by Crippen LogP contribution is 2.02. The monoisotopic (exact) mass is 202 g/mol. The van der Waals surface area contributed by atoms with Gasteiger partial charge in [-0.2, -0.15) is 0 Å². The molecular weight excluding hydrogens is 184 g/mol. The zero-order valence-corrected chi connectivity index (χ0v) is 8.54. The number of ether oxygens (including phenoxy) is 2. The lowest BCUT2D eigenvalue weighted by Gasteiger charge is -2.11. The van der Waals surface area contributed by atoms with Gasteiger partial charge in [0.05, 0.1) is 12.6 Å². The van der Waals surface area contributed by atoms with Gasteiger partial charge in [0, 0.05) is 26.9 Å². The summed E-state index contributed by atoms with van der Waals surface area (Å²) in [4.78, 5) is 11.2. The molecule has 1 heterocycles. The zero-order valence-electron chi connectivity index (χ0n) is 8.54. The molecule has 1 atom stereocenters. The van der Waals surface area contributed by atoms with E-state index in [0.29, 0.717) is 19.8 Å². The maximum Gasteiger partial charge on any atom is 0.315 e. The van der Waals surface area contributed by atoms with Crippen molar-refractivity contribution in [2.75, 3.05) is 33.5 Å². The van der Waals surface area contributed by atoms with Crippen molar-refractivity contribution in [2.24, 2.45) is 0 Å². The molecule has 0 aromatic rings. The summed E-state index contributed by atoms with van der Waals surface area (Å²) in [6.45, 7) is 2.69. The number of hydrogen-bond acceptors (Lipinski definition) is 3. The van der Waals surface area contributed by atoms with Crippen molar-refractivity contribution in [3.63, 3.8) is 0 Å². The zero-order chi connectivity index (χ0) is 10.2. The molecule has 0 spiro atoms. The van der Waals surface area contributed by atoms with E-state index in [9.17, 15) is 4.79 Å². The Hall–Kier alpha value is -0.810. The molecule has 82 valence electrons. The molecule has 1 aliphatic rings. The number of amides is 2. The molecule has 5 nitrogen and oxygen atoms in total. The van der Waals surface area contributed by atoms with Gasteiger partial charge in [0.2, 0.25) is 0 Å². The molecule has 0 aliphatic carbocycles. The van der Waals surface area contributed by atoms with Crippen LogP contribution in [0.1, 0.15) is 12.8 Å². The van der Waals surface area contributed by atoms with E-state index in [1.54, 1.807) is 7.11 Å². The van der Waals surface area contributed by atoms with Crippen LogP contribution in [-0.4, -0.2) is 45.5 Å². The largest absolute Gasteiger partial charge is 0.385 e. The van der Waals surface area contributed by atoms with Gasteiger partial charge in [-0.15, -0.1) is 0 Å². The Morgan fingerprint density at radius 3 is 3.14 bits per heavy atom. The standard InChI is InChI=1S/C9H18N2O3/c1-13-5-2-4-10-9(12)11-8-3-6-14-7-8/h8H,2-7H2,1H3,(H2,10,11,12). The molecule has 1 saturated heterocycles. The van der Waals surface area contributed by atoms with Crippen LogP contribution in [0.2, 0.25) is 0 Å². The van der Waals surface area contributed by atoms with Gasteiger partial charge in [0.1, 0.15) is 0 Å². The quantitative estimate of drug-likeness (QED) is 0.622. The predicted octanol–water partition coefficient (Wildman–Crippen LogP) is 0.111. The van der Waals surface area contributed by atoms with Crippen molar-refractivity contribution in [2.45, 2.75) is 18.9 Å². The van der Waals surface area contributed by atoms with Crippen LogP contribution in [0.3, 0.4) is 0 Å². The molecule has 0 aromatic heterocycles. The lowest BCUT2D eigenvalue weighted by atomic mass is 10.3. The van der Waals surface area contributed by atoms with Gasteiger partial charge in [0.25, 0.3) is 0 Å². The minimum absolute atomic E-state index is 0.114. The molecule has 0 aromatic carbocycles. The Kier molecular flexibility index (Phi) is 5.32. The number of hydrogen-bond donors (Lipinski definition) is 2. The fourth-order valence-corrected chi connectivity index (χ4v) is 1.30. The first-order chi connectivity index (χ1) is 6.83. The Balaban J connectivity index is 1.98. The molecule has 1 fully saturated rings. The molecule has 0 radical (unpaired) electrons. The van der Waals surface area contributed by atoms with Crippen molar-refractivity contribution in [3.8, 4) is 0 Å². The fourth-order valence-electron chi connectivity index (χ4n) is 1.30. The van der Waals surface area contributed by atoms with Crippen LogP contribution >= 0.6 is 0 Å². The highest BCUT2D eigenvalue weighted by Gasteiger charge is 2.16. The van der Waals surface area contributed by atoms with Gasteiger partial charge in [0.15, 0.2) is 0 Å². The van der Waals surface area contributed by atoms with Gasteiger partial charge in [-0.25, -0.2) is 4.79 Å². The maximum atomic E-state index is 11.2. The van der Waals surface area contributed by atoms with E-state index in [1.165, 1.54) is 0 Å². The van der Waals surface area contributed by atoms with Gasteiger partial charge in [-0.1, -0.05) is 0 Å². The topological polar surface area (TPSA) is 59.6 Å². The first-order valence-electron chi connectivity index (χ1n) is 4.94. The average molecular weight is 202 g/mol. The summed E-state index contributed by atoms with van der Waals surface area (Å²) in [5.41, 5.74) is 0. The van der Waals surface area contributed by atoms with Crippen LogP contribution in [-0.2, 0) is 9.47 Å². The van der Waals surface area contributed by atoms with E-state index in [4.69, 9.17) is 9.47 Å². The molecule has 2 amide bonds. The van der Waals surface area contributed by atoms with E-state index >= 15 is 0 Å². The number of urea groups is 1. The van der Waals surface area contributed by atoms with Crippen LogP contribution in [0.25, 0.3) is 0 Å². The van der Waals surface area contributed by atoms with Crippen molar-refractivity contribution in [1.82, 2.24) is 10.6 Å². The molecule has 1 unspecified atom stereocenters. The Labute approximate surface area is 84.1 Å². The second kappa shape index (κ2) is 6.62. The first-order valence-corrected chi connectivity index (χ1v) is 4.94. The lowest BCUT2D eigenvalue weighted by molar-refractivity contribution is 0.186. The van der Waals surface area contributed by atoms with Gasteiger partial charge in [-0.05, 0) is 12.8 Å². The SMILES string of the molecule is COCCCNC(=O)NC1CCOC1. The number of carbonyl (C=O) groups is 1. The van der Waals surface area contributed by atoms with Gasteiger partial charge in [-0.3, -0.25) is 0 Å². The Bertz CT molecular complexity index is 169. The maximum absolute atomic E-state index is 11.2. The third-order valence-electron chi connectivity index (χ3n) is 2.08. The summed E-state index contributed by atoms with van der Waals surface area (Å²) in [5, 5.41) is 5.60. The molecule has 0 bridgehead atoms. The molecule has 2 N–H and O–H groups in total. The van der Waals surface area contributed by atoms with E-state index in [-0.39, 0.29) is 12.1 Å². The van der Waals surface area contributed by atoms with Crippen molar-refractivity contribution >= 4 is 6.03 Å². The molecular formula is C9H18N2O3. The van der Waals surface area contributed by atoms with Crippen LogP contribution in [0, 0.1) is 0 Å². The predicted molar refractivity (Wildman–Crippen MR) is 52.3 cm³/mol. The van der Waals surface area contributed by atoms with Crippen molar-refractivity contribution in [3.05, 3.63) is 0 Å². The minimum atomic E-state index is -0.114. The summed E-state index contributed by atoms with van der Waals surface area (Å²) in [5.74, 6) is 0. The van der Waals surface area contributed by atoms with Gasteiger partial charge < -0.3 is 20.1 Å².